The number of piperidine rings is 1. The number of likely N-dealkylation sites (tertiary alicyclic amines) is 1. The minimum atomic E-state index is -0.386. The van der Waals surface area contributed by atoms with Gasteiger partial charge >= 0.3 is 0 Å². The topological polar surface area (TPSA) is 43.9 Å². The number of carbonyl (C=O) groups excluding carboxylic acids is 2. The normalized spacial score (nSPS) is 23.5. The first kappa shape index (κ1) is 17.0. The Hall–Kier alpha value is -1.88. The van der Waals surface area contributed by atoms with Crippen LogP contribution in [0.15, 0.2) is 24.3 Å². The molecule has 5 nitrogen and oxygen atoms in total. The highest BCUT2D eigenvalue weighted by atomic mass is 16.2. The number of amides is 2. The molecule has 0 bridgehead atoms. The van der Waals surface area contributed by atoms with Crippen LogP contribution >= 0.6 is 0 Å². The SMILES string of the molecule is CC(=O)N1c2ccccc2C[C@H]1C(=O)N1CCCCC1CN(C)C. The van der Waals surface area contributed by atoms with E-state index in [1.807, 2.05) is 43.3 Å². The van der Waals surface area contributed by atoms with E-state index < -0.39 is 0 Å². The van der Waals surface area contributed by atoms with Crippen LogP contribution in [0.2, 0.25) is 0 Å². The fraction of sp³-hybridized carbons (Fsp3) is 0.579. The molecule has 1 unspecified atom stereocenters. The molecule has 0 radical (unpaired) electrons. The standard InChI is InChI=1S/C19H27N3O2/c1-14(23)22-17-10-5-4-8-15(17)12-18(22)19(24)21-11-7-6-9-16(21)13-20(2)3/h4-5,8,10,16,18H,6-7,9,11-13H2,1-3H3/t16?,18-/m0/s1. The lowest BCUT2D eigenvalue weighted by molar-refractivity contribution is -0.137. The monoisotopic (exact) mass is 329 g/mol. The van der Waals surface area contributed by atoms with Crippen LogP contribution in [0.1, 0.15) is 31.7 Å². The Bertz CT molecular complexity index is 629. The molecule has 2 amide bonds. The van der Waals surface area contributed by atoms with Crippen molar-refractivity contribution in [2.45, 2.75) is 44.7 Å². The van der Waals surface area contributed by atoms with Gasteiger partial charge in [0, 0.05) is 38.2 Å². The van der Waals surface area contributed by atoms with Crippen molar-refractivity contribution in [1.82, 2.24) is 9.80 Å². The van der Waals surface area contributed by atoms with Crippen LogP contribution in [0.5, 0.6) is 0 Å². The molecule has 1 aromatic rings. The van der Waals surface area contributed by atoms with Gasteiger partial charge in [-0.15, -0.1) is 0 Å². The molecule has 2 aliphatic heterocycles. The maximum atomic E-state index is 13.3. The summed E-state index contributed by atoms with van der Waals surface area (Å²) in [5.74, 6) is 0.0485. The van der Waals surface area contributed by atoms with E-state index in [9.17, 15) is 9.59 Å². The van der Waals surface area contributed by atoms with Crippen LogP contribution in [0, 0.1) is 0 Å². The van der Waals surface area contributed by atoms with Gasteiger partial charge in [-0.3, -0.25) is 14.5 Å². The number of hydrogen-bond donors (Lipinski definition) is 0. The first-order valence-corrected chi connectivity index (χ1v) is 8.82. The summed E-state index contributed by atoms with van der Waals surface area (Å²) in [7, 11) is 4.09. The second-order valence-electron chi connectivity index (χ2n) is 7.18. The smallest absolute Gasteiger partial charge is 0.246 e. The highest BCUT2D eigenvalue weighted by Crippen LogP contribution is 2.34. The molecule has 0 aliphatic carbocycles. The van der Waals surface area contributed by atoms with Crippen LogP contribution in [-0.4, -0.2) is 60.9 Å². The summed E-state index contributed by atoms with van der Waals surface area (Å²) >= 11 is 0. The number of nitrogens with zero attached hydrogens (tertiary/aromatic N) is 3. The third-order valence-corrected chi connectivity index (χ3v) is 5.09. The Morgan fingerprint density at radius 1 is 1.21 bits per heavy atom. The van der Waals surface area contributed by atoms with Gasteiger partial charge < -0.3 is 9.80 Å². The zero-order valence-corrected chi connectivity index (χ0v) is 14.9. The summed E-state index contributed by atoms with van der Waals surface area (Å²) in [6.07, 6.45) is 3.89. The number of benzene rings is 1. The molecular formula is C19H27N3O2. The third-order valence-electron chi connectivity index (χ3n) is 5.09. The lowest BCUT2D eigenvalue weighted by Gasteiger charge is -2.39. The largest absolute Gasteiger partial charge is 0.337 e. The number of rotatable bonds is 3. The molecule has 2 atom stereocenters. The van der Waals surface area contributed by atoms with Crippen molar-refractivity contribution in [1.29, 1.82) is 0 Å². The molecule has 0 N–H and O–H groups in total. The van der Waals surface area contributed by atoms with Crippen molar-refractivity contribution in [2.75, 3.05) is 32.1 Å². The van der Waals surface area contributed by atoms with Crippen LogP contribution in [0.3, 0.4) is 0 Å². The Morgan fingerprint density at radius 2 is 1.96 bits per heavy atom. The zero-order valence-electron chi connectivity index (χ0n) is 14.9. The summed E-state index contributed by atoms with van der Waals surface area (Å²) in [6, 6.07) is 7.72. The van der Waals surface area contributed by atoms with Crippen molar-refractivity contribution in [3.8, 4) is 0 Å². The summed E-state index contributed by atoms with van der Waals surface area (Å²) in [4.78, 5) is 31.4. The van der Waals surface area contributed by atoms with Gasteiger partial charge in [0.05, 0.1) is 0 Å². The lowest BCUT2D eigenvalue weighted by Crippen LogP contribution is -2.55. The third kappa shape index (κ3) is 3.18. The van der Waals surface area contributed by atoms with Crippen molar-refractivity contribution in [2.24, 2.45) is 0 Å². The van der Waals surface area contributed by atoms with Gasteiger partial charge in [0.25, 0.3) is 0 Å². The van der Waals surface area contributed by atoms with Gasteiger partial charge in [-0.2, -0.15) is 0 Å². The van der Waals surface area contributed by atoms with Crippen molar-refractivity contribution in [3.05, 3.63) is 29.8 Å². The van der Waals surface area contributed by atoms with Gasteiger partial charge in [-0.1, -0.05) is 18.2 Å². The van der Waals surface area contributed by atoms with E-state index in [0.29, 0.717) is 6.42 Å². The zero-order chi connectivity index (χ0) is 17.3. The molecule has 3 rings (SSSR count). The van der Waals surface area contributed by atoms with Crippen LogP contribution in [-0.2, 0) is 16.0 Å². The van der Waals surface area contributed by atoms with E-state index >= 15 is 0 Å². The first-order chi connectivity index (χ1) is 11.5. The molecule has 1 aromatic carbocycles. The van der Waals surface area contributed by atoms with Crippen LogP contribution in [0.25, 0.3) is 0 Å². The fourth-order valence-electron chi connectivity index (χ4n) is 4.07. The van der Waals surface area contributed by atoms with Gasteiger partial charge in [0.2, 0.25) is 11.8 Å². The summed E-state index contributed by atoms with van der Waals surface area (Å²) in [5, 5.41) is 0. The highest BCUT2D eigenvalue weighted by Gasteiger charge is 2.40. The van der Waals surface area contributed by atoms with Crippen molar-refractivity contribution in [3.63, 3.8) is 0 Å². The first-order valence-electron chi connectivity index (χ1n) is 8.82. The quantitative estimate of drug-likeness (QED) is 0.851. The maximum Gasteiger partial charge on any atom is 0.246 e. The number of hydrogen-bond acceptors (Lipinski definition) is 3. The summed E-state index contributed by atoms with van der Waals surface area (Å²) in [5.41, 5.74) is 1.98. The number of fused-ring (bicyclic) bond motifs is 1. The van der Waals surface area contributed by atoms with E-state index in [-0.39, 0.29) is 23.9 Å². The Balaban J connectivity index is 1.84. The minimum absolute atomic E-state index is 0.0560. The molecule has 5 heteroatoms. The summed E-state index contributed by atoms with van der Waals surface area (Å²) < 4.78 is 0. The molecule has 130 valence electrons. The second kappa shape index (κ2) is 6.93. The summed E-state index contributed by atoms with van der Waals surface area (Å²) in [6.45, 7) is 3.23. The minimum Gasteiger partial charge on any atom is -0.337 e. The van der Waals surface area contributed by atoms with Crippen molar-refractivity contribution >= 4 is 17.5 Å². The molecule has 1 fully saturated rings. The van der Waals surface area contributed by atoms with Gasteiger partial charge in [-0.25, -0.2) is 0 Å². The van der Waals surface area contributed by atoms with Gasteiger partial charge in [0.1, 0.15) is 6.04 Å². The Morgan fingerprint density at radius 3 is 2.67 bits per heavy atom. The van der Waals surface area contributed by atoms with E-state index in [2.05, 4.69) is 4.90 Å². The van der Waals surface area contributed by atoms with Crippen LogP contribution < -0.4 is 4.90 Å². The van der Waals surface area contributed by atoms with Gasteiger partial charge in [0.15, 0.2) is 0 Å². The fourth-order valence-corrected chi connectivity index (χ4v) is 4.07. The van der Waals surface area contributed by atoms with E-state index in [1.54, 1.807) is 11.8 Å². The van der Waals surface area contributed by atoms with Crippen molar-refractivity contribution < 1.29 is 9.59 Å². The molecule has 2 aliphatic rings. The predicted molar refractivity (Wildman–Crippen MR) is 95.0 cm³/mol. The maximum absolute atomic E-state index is 13.3. The molecule has 0 spiro atoms. The van der Waals surface area contributed by atoms with Crippen LogP contribution in [0.4, 0.5) is 5.69 Å². The average molecular weight is 329 g/mol. The highest BCUT2D eigenvalue weighted by molar-refractivity contribution is 6.02. The number of para-hydroxylation sites is 1. The molecule has 2 heterocycles. The van der Waals surface area contributed by atoms with E-state index in [4.69, 9.17) is 0 Å². The second-order valence-corrected chi connectivity index (χ2v) is 7.18. The number of likely N-dealkylation sites (N-methyl/N-ethyl adjacent to an activating group) is 1. The van der Waals surface area contributed by atoms with E-state index in [1.165, 1.54) is 6.42 Å². The molecule has 0 saturated carbocycles. The number of anilines is 1. The molecule has 24 heavy (non-hydrogen) atoms. The predicted octanol–water partition coefficient (Wildman–Crippen LogP) is 1.91. The Labute approximate surface area is 144 Å². The average Bonchev–Trinajstić information content (AvgIpc) is 2.93. The lowest BCUT2D eigenvalue weighted by atomic mass is 9.99. The number of carbonyl (C=O) groups is 2. The molecule has 1 saturated heterocycles. The van der Waals surface area contributed by atoms with Gasteiger partial charge in [-0.05, 0) is 45.0 Å². The van der Waals surface area contributed by atoms with E-state index in [0.717, 1.165) is 37.2 Å². The molecule has 0 aromatic heterocycles. The molecular weight excluding hydrogens is 302 g/mol. The Kier molecular flexibility index (Phi) is 4.90.